The lowest BCUT2D eigenvalue weighted by Crippen LogP contribution is -2.36. The standard InChI is InChI=1S/C25H23F3N8O3/c26-25(27,28)20-2-1-3-21(33-20)34-24(38)32-19-5-4-15(10-16(19)13-37)18-11-17(12-35-6-8-39-9-7-35)36-22(18)23(29)30-14-31-36/h1-5,10-11,13-14H,6-9,12H2,(H2,29,30,31)(H2,32,33,34,38). The SMILES string of the molecule is Nc1ncnn2c(CN3CCOCC3)cc(-c3ccc(NC(=O)Nc4cccc(C(F)(F)F)n4)c(C=O)c3)c12. The molecule has 1 saturated heterocycles. The summed E-state index contributed by atoms with van der Waals surface area (Å²) in [6.45, 7) is 3.43. The van der Waals surface area contributed by atoms with E-state index < -0.39 is 17.9 Å². The minimum Gasteiger partial charge on any atom is -0.382 e. The normalized spacial score (nSPS) is 14.3. The van der Waals surface area contributed by atoms with Crippen LogP contribution in [0.15, 0.2) is 48.8 Å². The number of aldehydes is 1. The number of nitrogens with zero attached hydrogens (tertiary/aromatic N) is 5. The molecule has 5 rings (SSSR count). The maximum atomic E-state index is 12.9. The van der Waals surface area contributed by atoms with Gasteiger partial charge in [0.2, 0.25) is 0 Å². The van der Waals surface area contributed by atoms with Crippen LogP contribution in [0.4, 0.5) is 35.3 Å². The molecule has 0 spiro atoms. The highest BCUT2D eigenvalue weighted by Crippen LogP contribution is 2.33. The highest BCUT2D eigenvalue weighted by Gasteiger charge is 2.32. The Morgan fingerprint density at radius 1 is 1.13 bits per heavy atom. The van der Waals surface area contributed by atoms with Crippen LogP contribution in [-0.2, 0) is 17.5 Å². The zero-order valence-electron chi connectivity index (χ0n) is 20.4. The van der Waals surface area contributed by atoms with Crippen molar-refractivity contribution in [3.63, 3.8) is 0 Å². The molecular weight excluding hydrogens is 517 g/mol. The van der Waals surface area contributed by atoms with E-state index in [1.807, 2.05) is 6.07 Å². The fourth-order valence-corrected chi connectivity index (χ4v) is 4.33. The van der Waals surface area contributed by atoms with Gasteiger partial charge in [-0.1, -0.05) is 12.1 Å². The summed E-state index contributed by atoms with van der Waals surface area (Å²) < 4.78 is 45.9. The minimum atomic E-state index is -4.66. The van der Waals surface area contributed by atoms with E-state index in [9.17, 15) is 22.8 Å². The van der Waals surface area contributed by atoms with Crippen LogP contribution in [0.3, 0.4) is 0 Å². The van der Waals surface area contributed by atoms with Gasteiger partial charge >= 0.3 is 12.2 Å². The molecule has 0 aliphatic carbocycles. The zero-order valence-corrected chi connectivity index (χ0v) is 20.4. The molecule has 1 aliphatic heterocycles. The summed E-state index contributed by atoms with van der Waals surface area (Å²) in [5, 5.41) is 9.10. The van der Waals surface area contributed by atoms with Crippen molar-refractivity contribution in [1.82, 2.24) is 24.5 Å². The van der Waals surface area contributed by atoms with E-state index in [4.69, 9.17) is 10.5 Å². The summed E-state index contributed by atoms with van der Waals surface area (Å²) in [5.41, 5.74) is 8.13. The largest absolute Gasteiger partial charge is 0.433 e. The third-order valence-corrected chi connectivity index (χ3v) is 6.16. The highest BCUT2D eigenvalue weighted by atomic mass is 19.4. The molecule has 1 aliphatic rings. The monoisotopic (exact) mass is 540 g/mol. The van der Waals surface area contributed by atoms with E-state index in [0.717, 1.165) is 30.9 Å². The minimum absolute atomic E-state index is 0.143. The number of halogens is 3. The number of rotatable bonds is 6. The van der Waals surface area contributed by atoms with Crippen molar-refractivity contribution in [3.05, 3.63) is 65.7 Å². The third kappa shape index (κ3) is 5.66. The quantitative estimate of drug-likeness (QED) is 0.315. The number of fused-ring (bicyclic) bond motifs is 1. The van der Waals surface area contributed by atoms with Gasteiger partial charge in [-0.25, -0.2) is 19.3 Å². The van der Waals surface area contributed by atoms with Gasteiger partial charge in [0.15, 0.2) is 12.1 Å². The number of morpholine rings is 1. The second-order valence-electron chi connectivity index (χ2n) is 8.75. The lowest BCUT2D eigenvalue weighted by Gasteiger charge is -2.26. The third-order valence-electron chi connectivity index (χ3n) is 6.16. The number of carbonyl (C=O) groups excluding carboxylic acids is 2. The van der Waals surface area contributed by atoms with Gasteiger partial charge in [0.25, 0.3) is 0 Å². The molecule has 11 nitrogen and oxygen atoms in total. The van der Waals surface area contributed by atoms with E-state index in [1.54, 1.807) is 16.6 Å². The molecule has 4 heterocycles. The van der Waals surface area contributed by atoms with Crippen molar-refractivity contribution in [2.24, 2.45) is 0 Å². The number of hydrogen-bond acceptors (Lipinski definition) is 8. The fourth-order valence-electron chi connectivity index (χ4n) is 4.33. The van der Waals surface area contributed by atoms with Crippen molar-refractivity contribution >= 4 is 35.2 Å². The van der Waals surface area contributed by atoms with Crippen LogP contribution in [0, 0.1) is 0 Å². The van der Waals surface area contributed by atoms with Crippen LogP contribution in [0.2, 0.25) is 0 Å². The predicted molar refractivity (Wildman–Crippen MR) is 136 cm³/mol. The Morgan fingerprint density at radius 3 is 2.67 bits per heavy atom. The van der Waals surface area contributed by atoms with Gasteiger partial charge in [0.05, 0.1) is 24.6 Å². The van der Waals surface area contributed by atoms with Crippen molar-refractivity contribution in [2.45, 2.75) is 12.7 Å². The maximum Gasteiger partial charge on any atom is 0.433 e. The molecule has 1 aromatic carbocycles. The first-order valence-corrected chi connectivity index (χ1v) is 11.9. The Kier molecular flexibility index (Phi) is 7.13. The molecule has 39 heavy (non-hydrogen) atoms. The molecule has 3 aromatic heterocycles. The Hall–Kier alpha value is -4.56. The summed E-state index contributed by atoms with van der Waals surface area (Å²) in [4.78, 5) is 34.1. The first kappa shape index (κ1) is 26.1. The highest BCUT2D eigenvalue weighted by molar-refractivity contribution is 6.03. The van der Waals surface area contributed by atoms with Crippen LogP contribution < -0.4 is 16.4 Å². The molecule has 202 valence electrons. The maximum absolute atomic E-state index is 12.9. The number of urea groups is 1. The number of nitrogen functional groups attached to an aromatic ring is 1. The Labute approximate surface area is 219 Å². The van der Waals surface area contributed by atoms with Crippen LogP contribution in [0.1, 0.15) is 21.7 Å². The van der Waals surface area contributed by atoms with Gasteiger partial charge in [-0.3, -0.25) is 15.0 Å². The molecule has 14 heteroatoms. The molecule has 4 N–H and O–H groups in total. The summed E-state index contributed by atoms with van der Waals surface area (Å²) in [6, 6.07) is 8.98. The summed E-state index contributed by atoms with van der Waals surface area (Å²) in [7, 11) is 0. The van der Waals surface area contributed by atoms with E-state index in [0.29, 0.717) is 42.7 Å². The Bertz CT molecular complexity index is 1530. The number of alkyl halides is 3. The van der Waals surface area contributed by atoms with Crippen LogP contribution in [0.5, 0.6) is 0 Å². The van der Waals surface area contributed by atoms with E-state index in [-0.39, 0.29) is 22.9 Å². The number of hydrogen-bond donors (Lipinski definition) is 3. The molecule has 0 bridgehead atoms. The van der Waals surface area contributed by atoms with Crippen molar-refractivity contribution in [3.8, 4) is 11.1 Å². The number of aromatic nitrogens is 4. The lowest BCUT2D eigenvalue weighted by atomic mass is 10.0. The second-order valence-corrected chi connectivity index (χ2v) is 8.75. The fraction of sp³-hybridized carbons (Fsp3) is 0.240. The average molecular weight is 541 g/mol. The van der Waals surface area contributed by atoms with Gasteiger partial charge < -0.3 is 15.8 Å². The number of nitrogens with two attached hydrogens (primary N) is 1. The van der Waals surface area contributed by atoms with E-state index in [2.05, 4.69) is 30.6 Å². The number of carbonyl (C=O) groups is 2. The number of ether oxygens (including phenoxy) is 1. The Balaban J connectivity index is 1.41. The lowest BCUT2D eigenvalue weighted by molar-refractivity contribution is -0.141. The zero-order chi connectivity index (χ0) is 27.6. The molecule has 0 radical (unpaired) electrons. The van der Waals surface area contributed by atoms with Crippen LogP contribution >= 0.6 is 0 Å². The summed E-state index contributed by atoms with van der Waals surface area (Å²) in [6.07, 6.45) is -2.72. The Morgan fingerprint density at radius 2 is 1.92 bits per heavy atom. The van der Waals surface area contributed by atoms with E-state index >= 15 is 0 Å². The number of anilines is 3. The smallest absolute Gasteiger partial charge is 0.382 e. The average Bonchev–Trinajstić information content (AvgIpc) is 3.28. The van der Waals surface area contributed by atoms with Crippen molar-refractivity contribution in [1.29, 1.82) is 0 Å². The summed E-state index contributed by atoms with van der Waals surface area (Å²) >= 11 is 0. The second kappa shape index (κ2) is 10.7. The van der Waals surface area contributed by atoms with Crippen molar-refractivity contribution < 1.29 is 27.5 Å². The van der Waals surface area contributed by atoms with E-state index in [1.165, 1.54) is 18.5 Å². The van der Waals surface area contributed by atoms with Gasteiger partial charge in [-0.2, -0.15) is 18.3 Å². The molecule has 0 saturated carbocycles. The first-order chi connectivity index (χ1) is 18.7. The molecule has 2 amide bonds. The molecule has 1 fully saturated rings. The van der Waals surface area contributed by atoms with Gasteiger partial charge in [0, 0.05) is 30.8 Å². The van der Waals surface area contributed by atoms with Crippen LogP contribution in [-0.4, -0.2) is 63.1 Å². The summed E-state index contributed by atoms with van der Waals surface area (Å²) in [5.74, 6) is -0.0359. The molecule has 0 unspecified atom stereocenters. The number of pyridine rings is 1. The molecular formula is C25H23F3N8O3. The number of nitrogens with one attached hydrogen (secondary N) is 2. The van der Waals surface area contributed by atoms with Crippen molar-refractivity contribution in [2.75, 3.05) is 42.7 Å². The first-order valence-electron chi connectivity index (χ1n) is 11.9. The predicted octanol–water partition coefficient (Wildman–Crippen LogP) is 3.68. The van der Waals surface area contributed by atoms with Gasteiger partial charge in [-0.15, -0.1) is 0 Å². The van der Waals surface area contributed by atoms with Gasteiger partial charge in [-0.05, 0) is 35.9 Å². The van der Waals surface area contributed by atoms with Crippen LogP contribution in [0.25, 0.3) is 16.6 Å². The number of amides is 2. The molecule has 4 aromatic rings. The van der Waals surface area contributed by atoms with Gasteiger partial charge in [0.1, 0.15) is 23.4 Å². The molecule has 0 atom stereocenters. The topological polar surface area (TPSA) is 140 Å². The number of benzene rings is 1.